The molecule has 0 aliphatic heterocycles. The zero-order valence-corrected chi connectivity index (χ0v) is 7.79. The molecule has 0 fully saturated rings. The summed E-state index contributed by atoms with van der Waals surface area (Å²) < 4.78 is 6.94. The Bertz CT molecular complexity index is 422. The molecule has 0 amide bonds. The van der Waals surface area contributed by atoms with E-state index in [9.17, 15) is 0 Å². The molecule has 6 heteroatoms. The highest BCUT2D eigenvalue weighted by Crippen LogP contribution is 2.12. The van der Waals surface area contributed by atoms with Crippen LogP contribution in [-0.2, 0) is 4.74 Å². The maximum atomic E-state index is 5.54. The summed E-state index contributed by atoms with van der Waals surface area (Å²) in [5, 5.41) is 7.88. The number of ether oxygens (including phenoxy) is 1. The topological polar surface area (TPSA) is 78.3 Å². The number of rotatable bonds is 3. The molecule has 74 valence electrons. The summed E-state index contributed by atoms with van der Waals surface area (Å²) in [6, 6.07) is 1.81. The van der Waals surface area contributed by atoms with Crippen LogP contribution in [0.2, 0.25) is 0 Å². The third-order valence-electron chi connectivity index (χ3n) is 2.00. The lowest BCUT2D eigenvalue weighted by Gasteiger charge is -2.09. The van der Waals surface area contributed by atoms with E-state index in [2.05, 4.69) is 15.2 Å². The number of hydrogen-bond acceptors (Lipinski definition) is 5. The summed E-state index contributed by atoms with van der Waals surface area (Å²) in [5.41, 5.74) is 5.54. The molecule has 2 aromatic rings. The van der Waals surface area contributed by atoms with Crippen molar-refractivity contribution in [3.05, 3.63) is 24.3 Å². The molecule has 2 N–H and O–H groups in total. The van der Waals surface area contributed by atoms with E-state index in [-0.39, 0.29) is 6.10 Å². The molecule has 0 radical (unpaired) electrons. The van der Waals surface area contributed by atoms with Crippen molar-refractivity contribution >= 4 is 5.78 Å². The van der Waals surface area contributed by atoms with Crippen molar-refractivity contribution in [3.8, 4) is 0 Å². The molecule has 2 rings (SSSR count). The highest BCUT2D eigenvalue weighted by atomic mass is 16.5. The maximum absolute atomic E-state index is 5.54. The van der Waals surface area contributed by atoms with Gasteiger partial charge in [-0.1, -0.05) is 0 Å². The zero-order valence-electron chi connectivity index (χ0n) is 7.79. The Kier molecular flexibility index (Phi) is 2.38. The fraction of sp³-hybridized carbons (Fsp3) is 0.375. The summed E-state index contributed by atoms with van der Waals surface area (Å²) in [6.45, 7) is 0.367. The molecule has 1 atom stereocenters. The average Bonchev–Trinajstić information content (AvgIpc) is 2.65. The van der Waals surface area contributed by atoms with Crippen molar-refractivity contribution in [2.75, 3.05) is 13.7 Å². The van der Waals surface area contributed by atoms with Crippen molar-refractivity contribution in [3.63, 3.8) is 0 Å². The Labute approximate surface area is 80.7 Å². The van der Waals surface area contributed by atoms with Gasteiger partial charge in [-0.15, -0.1) is 10.2 Å². The predicted molar refractivity (Wildman–Crippen MR) is 49.6 cm³/mol. The van der Waals surface area contributed by atoms with Crippen molar-refractivity contribution in [1.29, 1.82) is 0 Å². The summed E-state index contributed by atoms with van der Waals surface area (Å²) >= 11 is 0. The normalized spacial score (nSPS) is 13.3. The lowest BCUT2D eigenvalue weighted by atomic mass is 10.3. The molecule has 0 spiro atoms. The number of nitrogens with zero attached hydrogens (tertiary/aromatic N) is 4. The quantitative estimate of drug-likeness (QED) is 0.728. The van der Waals surface area contributed by atoms with Crippen molar-refractivity contribution in [2.45, 2.75) is 6.10 Å². The maximum Gasteiger partial charge on any atom is 0.255 e. The summed E-state index contributed by atoms with van der Waals surface area (Å²) in [6.07, 6.45) is 3.26. The van der Waals surface area contributed by atoms with Gasteiger partial charge < -0.3 is 10.5 Å². The smallest absolute Gasteiger partial charge is 0.255 e. The van der Waals surface area contributed by atoms with Crippen LogP contribution in [0.4, 0.5) is 0 Å². The first kappa shape index (κ1) is 9.04. The molecular formula is C8H11N5O. The van der Waals surface area contributed by atoms with Gasteiger partial charge in [0.15, 0.2) is 5.82 Å². The molecule has 2 heterocycles. The Morgan fingerprint density at radius 1 is 1.57 bits per heavy atom. The third-order valence-corrected chi connectivity index (χ3v) is 2.00. The van der Waals surface area contributed by atoms with Gasteiger partial charge >= 0.3 is 0 Å². The van der Waals surface area contributed by atoms with E-state index in [1.165, 1.54) is 0 Å². The van der Waals surface area contributed by atoms with Crippen LogP contribution in [0.1, 0.15) is 11.9 Å². The second-order valence-electron chi connectivity index (χ2n) is 2.81. The monoisotopic (exact) mass is 193 g/mol. The number of methoxy groups -OCH3 is 1. The van der Waals surface area contributed by atoms with E-state index in [4.69, 9.17) is 10.5 Å². The minimum Gasteiger partial charge on any atom is -0.372 e. The minimum atomic E-state index is -0.241. The van der Waals surface area contributed by atoms with Gasteiger partial charge in [-0.25, -0.2) is 4.98 Å². The van der Waals surface area contributed by atoms with E-state index >= 15 is 0 Å². The number of fused-ring (bicyclic) bond motifs is 1. The molecule has 0 bridgehead atoms. The molecule has 0 saturated heterocycles. The van der Waals surface area contributed by atoms with E-state index in [0.29, 0.717) is 18.1 Å². The third kappa shape index (κ3) is 1.34. The summed E-state index contributed by atoms with van der Waals surface area (Å²) in [5.74, 6) is 1.23. The molecule has 0 aliphatic carbocycles. The van der Waals surface area contributed by atoms with Gasteiger partial charge in [-0.3, -0.25) is 4.40 Å². The number of nitrogens with two attached hydrogens (primary N) is 1. The Hall–Kier alpha value is -1.53. The Morgan fingerprint density at radius 2 is 2.43 bits per heavy atom. The summed E-state index contributed by atoms with van der Waals surface area (Å²) in [4.78, 5) is 4.05. The number of aromatic nitrogens is 4. The van der Waals surface area contributed by atoms with Crippen LogP contribution in [-0.4, -0.2) is 33.2 Å². The average molecular weight is 193 g/mol. The Balaban J connectivity index is 2.51. The van der Waals surface area contributed by atoms with Gasteiger partial charge in [0.25, 0.3) is 5.78 Å². The predicted octanol–water partition coefficient (Wildman–Crippen LogP) is -0.230. The molecule has 2 aromatic heterocycles. The molecule has 1 unspecified atom stereocenters. The van der Waals surface area contributed by atoms with Crippen LogP contribution in [0.15, 0.2) is 18.5 Å². The van der Waals surface area contributed by atoms with Crippen LogP contribution in [0, 0.1) is 0 Å². The summed E-state index contributed by atoms with van der Waals surface area (Å²) in [7, 11) is 1.59. The van der Waals surface area contributed by atoms with Crippen molar-refractivity contribution in [1.82, 2.24) is 19.6 Å². The zero-order chi connectivity index (χ0) is 9.97. The van der Waals surface area contributed by atoms with Crippen LogP contribution in [0.25, 0.3) is 5.78 Å². The SMILES string of the molecule is COC(CN)c1nnc2ncccn12. The van der Waals surface area contributed by atoms with Gasteiger partial charge in [0.1, 0.15) is 6.10 Å². The molecular weight excluding hydrogens is 182 g/mol. The highest BCUT2D eigenvalue weighted by Gasteiger charge is 2.15. The largest absolute Gasteiger partial charge is 0.372 e. The van der Waals surface area contributed by atoms with E-state index in [1.807, 2.05) is 12.3 Å². The van der Waals surface area contributed by atoms with Crippen molar-refractivity contribution < 1.29 is 4.74 Å². The van der Waals surface area contributed by atoms with Crippen LogP contribution >= 0.6 is 0 Å². The van der Waals surface area contributed by atoms with Crippen LogP contribution in [0.5, 0.6) is 0 Å². The van der Waals surface area contributed by atoms with Crippen molar-refractivity contribution in [2.24, 2.45) is 5.73 Å². The minimum absolute atomic E-state index is 0.241. The lowest BCUT2D eigenvalue weighted by Crippen LogP contribution is -2.17. The second-order valence-corrected chi connectivity index (χ2v) is 2.81. The number of hydrogen-bond donors (Lipinski definition) is 1. The lowest BCUT2D eigenvalue weighted by molar-refractivity contribution is 0.102. The van der Waals surface area contributed by atoms with Gasteiger partial charge in [0.05, 0.1) is 0 Å². The van der Waals surface area contributed by atoms with Gasteiger partial charge in [-0.2, -0.15) is 0 Å². The van der Waals surface area contributed by atoms with E-state index in [0.717, 1.165) is 0 Å². The fourth-order valence-electron chi connectivity index (χ4n) is 1.29. The van der Waals surface area contributed by atoms with Gasteiger partial charge in [-0.05, 0) is 6.07 Å². The van der Waals surface area contributed by atoms with Crippen LogP contribution < -0.4 is 5.73 Å². The molecule has 14 heavy (non-hydrogen) atoms. The molecule has 0 aliphatic rings. The molecule has 6 nitrogen and oxygen atoms in total. The first-order valence-electron chi connectivity index (χ1n) is 4.25. The first-order valence-corrected chi connectivity index (χ1v) is 4.25. The molecule has 0 aromatic carbocycles. The van der Waals surface area contributed by atoms with Crippen LogP contribution in [0.3, 0.4) is 0 Å². The Morgan fingerprint density at radius 3 is 3.14 bits per heavy atom. The standard InChI is InChI=1S/C8H11N5O/c1-14-6(5-9)7-11-12-8-10-3-2-4-13(7)8/h2-4,6H,5,9H2,1H3. The van der Waals surface area contributed by atoms with Gasteiger partial charge in [0.2, 0.25) is 0 Å². The van der Waals surface area contributed by atoms with Gasteiger partial charge in [0, 0.05) is 26.0 Å². The molecule has 0 saturated carbocycles. The first-order chi connectivity index (χ1) is 6.86. The van der Waals surface area contributed by atoms with E-state index < -0.39 is 0 Å². The highest BCUT2D eigenvalue weighted by molar-refractivity contribution is 5.26. The fourth-order valence-corrected chi connectivity index (χ4v) is 1.29. The second kappa shape index (κ2) is 3.69. The van der Waals surface area contributed by atoms with E-state index in [1.54, 1.807) is 17.7 Å².